The number of benzene rings is 2. The summed E-state index contributed by atoms with van der Waals surface area (Å²) in [6.07, 6.45) is 0. The second-order valence-corrected chi connectivity index (χ2v) is 7.44. The number of nitrogens with zero attached hydrogens (tertiary/aromatic N) is 1. The van der Waals surface area contributed by atoms with Crippen molar-refractivity contribution in [3.8, 4) is 0 Å². The average Bonchev–Trinajstić information content (AvgIpc) is 2.56. The predicted octanol–water partition coefficient (Wildman–Crippen LogP) is 4.32. The van der Waals surface area contributed by atoms with E-state index in [9.17, 15) is 4.79 Å². The fourth-order valence-corrected chi connectivity index (χ4v) is 3.13. The first kappa shape index (κ1) is 17.0. The topological polar surface area (TPSA) is 41.6 Å². The van der Waals surface area contributed by atoms with Crippen LogP contribution in [0.2, 0.25) is 0 Å². The number of ether oxygens (including phenoxy) is 1. The SMILES string of the molecule is CC1(C)COCCN1c1ccc(NC(=O)c2ccc(Br)cc2)cc1. The maximum atomic E-state index is 12.3. The van der Waals surface area contributed by atoms with Gasteiger partial charge in [-0.25, -0.2) is 0 Å². The summed E-state index contributed by atoms with van der Waals surface area (Å²) < 4.78 is 6.52. The van der Waals surface area contributed by atoms with Gasteiger partial charge in [0.25, 0.3) is 5.91 Å². The summed E-state index contributed by atoms with van der Waals surface area (Å²) in [5.41, 5.74) is 2.54. The number of morpholine rings is 1. The molecule has 1 saturated heterocycles. The van der Waals surface area contributed by atoms with Crippen molar-refractivity contribution in [2.45, 2.75) is 19.4 Å². The third-order valence-electron chi connectivity index (χ3n) is 4.19. The molecule has 0 unspecified atom stereocenters. The molecule has 24 heavy (non-hydrogen) atoms. The zero-order valence-electron chi connectivity index (χ0n) is 13.9. The Labute approximate surface area is 150 Å². The van der Waals surface area contributed by atoms with Crippen LogP contribution in [0.15, 0.2) is 53.0 Å². The highest BCUT2D eigenvalue weighted by molar-refractivity contribution is 9.10. The number of hydrogen-bond acceptors (Lipinski definition) is 3. The number of amides is 1. The highest BCUT2D eigenvalue weighted by Crippen LogP contribution is 2.28. The van der Waals surface area contributed by atoms with Gasteiger partial charge in [-0.2, -0.15) is 0 Å². The molecule has 0 aliphatic carbocycles. The lowest BCUT2D eigenvalue weighted by Crippen LogP contribution is -2.53. The maximum absolute atomic E-state index is 12.3. The molecule has 1 fully saturated rings. The van der Waals surface area contributed by atoms with Gasteiger partial charge in [0, 0.05) is 28.0 Å². The van der Waals surface area contributed by atoms with Crippen molar-refractivity contribution >= 4 is 33.2 Å². The Morgan fingerprint density at radius 3 is 2.42 bits per heavy atom. The van der Waals surface area contributed by atoms with Crippen LogP contribution in [0.3, 0.4) is 0 Å². The Morgan fingerprint density at radius 1 is 1.12 bits per heavy atom. The van der Waals surface area contributed by atoms with Gasteiger partial charge < -0.3 is 15.0 Å². The summed E-state index contributed by atoms with van der Waals surface area (Å²) in [6, 6.07) is 15.3. The van der Waals surface area contributed by atoms with E-state index in [4.69, 9.17) is 4.74 Å². The molecule has 1 aliphatic rings. The van der Waals surface area contributed by atoms with E-state index in [0.29, 0.717) is 5.56 Å². The molecule has 1 aliphatic heterocycles. The van der Waals surface area contributed by atoms with E-state index in [-0.39, 0.29) is 11.4 Å². The molecule has 3 rings (SSSR count). The van der Waals surface area contributed by atoms with Crippen LogP contribution >= 0.6 is 15.9 Å². The number of anilines is 2. The molecule has 0 radical (unpaired) electrons. The lowest BCUT2D eigenvalue weighted by molar-refractivity contribution is 0.0644. The number of rotatable bonds is 3. The molecule has 0 aromatic heterocycles. The lowest BCUT2D eigenvalue weighted by Gasteiger charge is -2.43. The van der Waals surface area contributed by atoms with Crippen molar-refractivity contribution < 1.29 is 9.53 Å². The lowest BCUT2D eigenvalue weighted by atomic mass is 10.0. The predicted molar refractivity (Wildman–Crippen MR) is 101 cm³/mol. The van der Waals surface area contributed by atoms with Gasteiger partial charge in [0.15, 0.2) is 0 Å². The Hall–Kier alpha value is -1.85. The maximum Gasteiger partial charge on any atom is 0.255 e. The van der Waals surface area contributed by atoms with E-state index in [2.05, 4.69) is 40.0 Å². The molecule has 1 heterocycles. The van der Waals surface area contributed by atoms with E-state index in [1.807, 2.05) is 36.4 Å². The second kappa shape index (κ2) is 6.95. The molecule has 5 heteroatoms. The van der Waals surface area contributed by atoms with Gasteiger partial charge >= 0.3 is 0 Å². The van der Waals surface area contributed by atoms with Crippen LogP contribution in [-0.4, -0.2) is 31.2 Å². The van der Waals surface area contributed by atoms with Crippen LogP contribution in [0.4, 0.5) is 11.4 Å². The fourth-order valence-electron chi connectivity index (χ4n) is 2.87. The van der Waals surface area contributed by atoms with Crippen molar-refractivity contribution in [1.29, 1.82) is 0 Å². The third-order valence-corrected chi connectivity index (χ3v) is 4.72. The van der Waals surface area contributed by atoms with Crippen molar-refractivity contribution in [2.24, 2.45) is 0 Å². The smallest absolute Gasteiger partial charge is 0.255 e. The summed E-state index contributed by atoms with van der Waals surface area (Å²) in [6.45, 7) is 6.68. The van der Waals surface area contributed by atoms with Crippen molar-refractivity contribution in [2.75, 3.05) is 30.0 Å². The molecule has 4 nitrogen and oxygen atoms in total. The van der Waals surface area contributed by atoms with E-state index in [1.165, 1.54) is 0 Å². The van der Waals surface area contributed by atoms with Gasteiger partial charge in [-0.15, -0.1) is 0 Å². The minimum absolute atomic E-state index is 0.0273. The first-order valence-corrected chi connectivity index (χ1v) is 8.77. The van der Waals surface area contributed by atoms with Gasteiger partial charge in [-0.05, 0) is 62.4 Å². The van der Waals surface area contributed by atoms with E-state index < -0.39 is 0 Å². The Balaban J connectivity index is 1.70. The number of halogens is 1. The fraction of sp³-hybridized carbons (Fsp3) is 0.316. The molecule has 0 atom stereocenters. The molecule has 0 saturated carbocycles. The molecule has 0 spiro atoms. The Morgan fingerprint density at radius 2 is 1.79 bits per heavy atom. The largest absolute Gasteiger partial charge is 0.377 e. The molecular formula is C19H21BrN2O2. The third kappa shape index (κ3) is 3.79. The van der Waals surface area contributed by atoms with Crippen LogP contribution in [0.25, 0.3) is 0 Å². The standard InChI is InChI=1S/C19H21BrN2O2/c1-19(2)13-24-12-11-22(19)17-9-7-16(8-10-17)21-18(23)14-3-5-15(20)6-4-14/h3-10H,11-13H2,1-2H3,(H,21,23). The van der Waals surface area contributed by atoms with Gasteiger partial charge in [-0.1, -0.05) is 15.9 Å². The van der Waals surface area contributed by atoms with Gasteiger partial charge in [0.05, 0.1) is 18.8 Å². The van der Waals surface area contributed by atoms with Gasteiger partial charge in [0.2, 0.25) is 0 Å². The summed E-state index contributed by atoms with van der Waals surface area (Å²) >= 11 is 3.37. The zero-order chi connectivity index (χ0) is 17.2. The average molecular weight is 389 g/mol. The van der Waals surface area contributed by atoms with E-state index >= 15 is 0 Å². The van der Waals surface area contributed by atoms with E-state index in [0.717, 1.165) is 35.6 Å². The molecular weight excluding hydrogens is 368 g/mol. The molecule has 2 aromatic carbocycles. The van der Waals surface area contributed by atoms with Crippen LogP contribution in [0.1, 0.15) is 24.2 Å². The monoisotopic (exact) mass is 388 g/mol. The molecule has 2 aromatic rings. The van der Waals surface area contributed by atoms with Gasteiger partial charge in [-0.3, -0.25) is 4.79 Å². The number of carbonyl (C=O) groups excluding carboxylic acids is 1. The summed E-state index contributed by atoms with van der Waals surface area (Å²) in [5.74, 6) is -0.109. The second-order valence-electron chi connectivity index (χ2n) is 6.52. The highest BCUT2D eigenvalue weighted by Gasteiger charge is 2.30. The number of nitrogens with one attached hydrogen (secondary N) is 1. The van der Waals surface area contributed by atoms with Crippen LogP contribution in [0.5, 0.6) is 0 Å². The minimum Gasteiger partial charge on any atom is -0.377 e. The van der Waals surface area contributed by atoms with Crippen molar-refractivity contribution in [1.82, 2.24) is 0 Å². The van der Waals surface area contributed by atoms with Crippen LogP contribution < -0.4 is 10.2 Å². The van der Waals surface area contributed by atoms with Crippen molar-refractivity contribution in [3.05, 3.63) is 58.6 Å². The number of hydrogen-bond donors (Lipinski definition) is 1. The zero-order valence-corrected chi connectivity index (χ0v) is 15.5. The summed E-state index contributed by atoms with van der Waals surface area (Å²) in [5, 5.41) is 2.93. The quantitative estimate of drug-likeness (QED) is 0.851. The van der Waals surface area contributed by atoms with Crippen molar-refractivity contribution in [3.63, 3.8) is 0 Å². The number of carbonyl (C=O) groups is 1. The first-order valence-electron chi connectivity index (χ1n) is 7.98. The molecule has 1 N–H and O–H groups in total. The summed E-state index contributed by atoms with van der Waals surface area (Å²) in [4.78, 5) is 14.6. The molecule has 1 amide bonds. The molecule has 126 valence electrons. The van der Waals surface area contributed by atoms with E-state index in [1.54, 1.807) is 12.1 Å². The minimum atomic E-state index is -0.109. The molecule has 0 bridgehead atoms. The van der Waals surface area contributed by atoms with Gasteiger partial charge in [0.1, 0.15) is 0 Å². The first-order chi connectivity index (χ1) is 11.5. The summed E-state index contributed by atoms with van der Waals surface area (Å²) in [7, 11) is 0. The normalized spacial score (nSPS) is 16.7. The van der Waals surface area contributed by atoms with Crippen LogP contribution in [0, 0.1) is 0 Å². The highest BCUT2D eigenvalue weighted by atomic mass is 79.9. The Bertz CT molecular complexity index is 711. The Kier molecular flexibility index (Phi) is 4.92. The van der Waals surface area contributed by atoms with Crippen LogP contribution in [-0.2, 0) is 4.74 Å².